The molecule has 1 unspecified atom stereocenters. The molecule has 1 atom stereocenters. The molecule has 1 heterocycles. The summed E-state index contributed by atoms with van der Waals surface area (Å²) >= 11 is 0. The predicted octanol–water partition coefficient (Wildman–Crippen LogP) is 3.53. The number of carbonyl (C=O) groups is 3. The Morgan fingerprint density at radius 3 is 2.20 bits per heavy atom. The molecule has 0 saturated heterocycles. The Bertz CT molecular complexity index is 1260. The summed E-state index contributed by atoms with van der Waals surface area (Å²) in [6, 6.07) is 11.9. The molecule has 0 spiro atoms. The van der Waals surface area contributed by atoms with Crippen molar-refractivity contribution in [1.82, 2.24) is 15.1 Å². The van der Waals surface area contributed by atoms with Crippen LogP contribution in [0.2, 0.25) is 0 Å². The number of aryl methyl sites for hydroxylation is 1. The van der Waals surface area contributed by atoms with Gasteiger partial charge in [0, 0.05) is 13.0 Å². The molecule has 2 amide bonds. The number of halogens is 3. The summed E-state index contributed by atoms with van der Waals surface area (Å²) in [4.78, 5) is 35.9. The van der Waals surface area contributed by atoms with Crippen molar-refractivity contribution in [1.29, 1.82) is 0 Å². The Morgan fingerprint density at radius 2 is 1.66 bits per heavy atom. The van der Waals surface area contributed by atoms with Crippen molar-refractivity contribution < 1.29 is 37.4 Å². The molecule has 182 valence electrons. The van der Waals surface area contributed by atoms with Crippen molar-refractivity contribution in [3.63, 3.8) is 0 Å². The number of nitrogens with zero attached hydrogens (tertiary/aromatic N) is 2. The molecule has 3 N–H and O–H groups in total. The van der Waals surface area contributed by atoms with Crippen LogP contribution in [0.15, 0.2) is 54.7 Å². The molecule has 0 saturated carbocycles. The summed E-state index contributed by atoms with van der Waals surface area (Å²) in [6.07, 6.45) is -5.74. The van der Waals surface area contributed by atoms with Gasteiger partial charge in [0.2, 0.25) is 6.04 Å². The fourth-order valence-corrected chi connectivity index (χ4v) is 4.04. The molecule has 2 aromatic carbocycles. The summed E-state index contributed by atoms with van der Waals surface area (Å²) in [5.74, 6) is -3.59. The second-order valence-electron chi connectivity index (χ2n) is 7.77. The van der Waals surface area contributed by atoms with Crippen molar-refractivity contribution in [3.05, 3.63) is 71.5 Å². The zero-order valence-electron chi connectivity index (χ0n) is 18.2. The maximum absolute atomic E-state index is 13.6. The predicted molar refractivity (Wildman–Crippen MR) is 117 cm³/mol. The van der Waals surface area contributed by atoms with Crippen molar-refractivity contribution >= 4 is 23.7 Å². The van der Waals surface area contributed by atoms with E-state index in [0.29, 0.717) is 0 Å². The second-order valence-corrected chi connectivity index (χ2v) is 7.77. The van der Waals surface area contributed by atoms with Crippen LogP contribution >= 0.6 is 0 Å². The molecular weight excluding hydrogens is 469 g/mol. The van der Waals surface area contributed by atoms with Gasteiger partial charge in [-0.05, 0) is 22.3 Å². The maximum Gasteiger partial charge on any atom is 0.417 e. The number of alkyl carbamates (subject to hydrolysis) is 1. The summed E-state index contributed by atoms with van der Waals surface area (Å²) in [5.41, 5.74) is 2.63. The molecule has 1 aliphatic carbocycles. The summed E-state index contributed by atoms with van der Waals surface area (Å²) in [7, 11) is 1.25. The van der Waals surface area contributed by atoms with E-state index in [1.165, 1.54) is 12.4 Å². The zero-order chi connectivity index (χ0) is 25.3. The lowest BCUT2D eigenvalue weighted by atomic mass is 9.98. The van der Waals surface area contributed by atoms with E-state index < -0.39 is 41.6 Å². The lowest BCUT2D eigenvalue weighted by Crippen LogP contribution is -2.53. The minimum Gasteiger partial charge on any atom is -0.476 e. The topological polar surface area (TPSA) is 123 Å². The van der Waals surface area contributed by atoms with Crippen LogP contribution in [-0.4, -0.2) is 51.7 Å². The number of alkyl halides is 3. The van der Waals surface area contributed by atoms with E-state index in [2.05, 4.69) is 5.10 Å². The largest absolute Gasteiger partial charge is 0.476 e. The quantitative estimate of drug-likeness (QED) is 0.488. The molecule has 3 aromatic rings. The number of hydrogen-bond acceptors (Lipinski definition) is 5. The van der Waals surface area contributed by atoms with E-state index in [1.54, 1.807) is 0 Å². The molecule has 0 bridgehead atoms. The SMILES string of the molecule is Cn1ncc(NC(=O)C(NC(=O)OCC2c3ccccc3-c3ccccc32)C(F)(F)F)c1C(=O)O. The van der Waals surface area contributed by atoms with Crippen molar-refractivity contribution in [3.8, 4) is 11.1 Å². The third-order valence-corrected chi connectivity index (χ3v) is 5.59. The first kappa shape index (κ1) is 23.8. The number of carbonyl (C=O) groups excluding carboxylic acids is 2. The number of nitrogens with one attached hydrogen (secondary N) is 2. The van der Waals surface area contributed by atoms with E-state index in [-0.39, 0.29) is 12.5 Å². The molecular formula is C23H19F3N4O5. The van der Waals surface area contributed by atoms with Gasteiger partial charge in [0.25, 0.3) is 5.91 Å². The maximum atomic E-state index is 13.6. The first-order chi connectivity index (χ1) is 16.6. The van der Waals surface area contributed by atoms with E-state index >= 15 is 0 Å². The molecule has 0 fully saturated rings. The van der Waals surface area contributed by atoms with Crippen LogP contribution in [0.1, 0.15) is 27.5 Å². The summed E-state index contributed by atoms with van der Waals surface area (Å²) in [5, 5.41) is 16.2. The summed E-state index contributed by atoms with van der Waals surface area (Å²) in [6.45, 7) is -0.252. The van der Waals surface area contributed by atoms with Crippen LogP contribution in [-0.2, 0) is 16.6 Å². The number of aromatic carboxylic acids is 1. The zero-order valence-corrected chi connectivity index (χ0v) is 18.2. The van der Waals surface area contributed by atoms with Gasteiger partial charge in [0.15, 0.2) is 5.69 Å². The average molecular weight is 488 g/mol. The molecule has 0 radical (unpaired) electrons. The van der Waals surface area contributed by atoms with E-state index in [1.807, 2.05) is 53.8 Å². The van der Waals surface area contributed by atoms with Crippen molar-refractivity contribution in [2.24, 2.45) is 7.05 Å². The smallest absolute Gasteiger partial charge is 0.417 e. The van der Waals surface area contributed by atoms with Crippen LogP contribution in [0.3, 0.4) is 0 Å². The van der Waals surface area contributed by atoms with Gasteiger partial charge in [0.1, 0.15) is 6.61 Å². The highest BCUT2D eigenvalue weighted by Crippen LogP contribution is 2.44. The van der Waals surface area contributed by atoms with Gasteiger partial charge in [-0.3, -0.25) is 9.48 Å². The Balaban J connectivity index is 1.47. The fraction of sp³-hybridized carbons (Fsp3) is 0.217. The third-order valence-electron chi connectivity index (χ3n) is 5.59. The van der Waals surface area contributed by atoms with Crippen LogP contribution in [0.25, 0.3) is 11.1 Å². The number of aromatic nitrogens is 2. The first-order valence-electron chi connectivity index (χ1n) is 10.3. The highest BCUT2D eigenvalue weighted by atomic mass is 19.4. The van der Waals surface area contributed by atoms with Gasteiger partial charge in [-0.25, -0.2) is 9.59 Å². The van der Waals surface area contributed by atoms with Crippen LogP contribution in [0.5, 0.6) is 0 Å². The number of hydrogen-bond donors (Lipinski definition) is 3. The lowest BCUT2D eigenvalue weighted by Gasteiger charge is -2.21. The highest BCUT2D eigenvalue weighted by Gasteiger charge is 2.47. The van der Waals surface area contributed by atoms with Gasteiger partial charge in [-0.15, -0.1) is 0 Å². The highest BCUT2D eigenvalue weighted by molar-refractivity contribution is 6.02. The van der Waals surface area contributed by atoms with Crippen LogP contribution < -0.4 is 10.6 Å². The molecule has 12 heteroatoms. The lowest BCUT2D eigenvalue weighted by molar-refractivity contribution is -0.164. The number of ether oxygens (including phenoxy) is 1. The van der Waals surface area contributed by atoms with Crippen LogP contribution in [0, 0.1) is 0 Å². The number of carboxylic acids is 1. The third kappa shape index (κ3) is 4.67. The van der Waals surface area contributed by atoms with Gasteiger partial charge in [-0.2, -0.15) is 18.3 Å². The molecule has 4 rings (SSSR count). The Kier molecular flexibility index (Phi) is 6.20. The monoisotopic (exact) mass is 488 g/mol. The Hall–Kier alpha value is -4.35. The Labute approximate surface area is 196 Å². The minimum absolute atomic E-state index is 0.252. The standard InChI is InChI=1S/C23H19F3N4O5/c1-30-18(21(32)33)17(10-27-30)28-20(31)19(23(24,25)26)29-22(34)35-11-16-14-8-4-2-6-12(14)13-7-3-5-9-15(13)16/h2-10,16,19H,11H2,1H3,(H,28,31)(H,29,34)(H,32,33). The van der Waals surface area contributed by atoms with E-state index in [9.17, 15) is 32.7 Å². The molecule has 35 heavy (non-hydrogen) atoms. The molecule has 1 aromatic heterocycles. The molecule has 1 aliphatic rings. The van der Waals surface area contributed by atoms with Gasteiger partial charge >= 0.3 is 18.2 Å². The Morgan fingerprint density at radius 1 is 1.09 bits per heavy atom. The number of fused-ring (bicyclic) bond motifs is 3. The average Bonchev–Trinajstić information content (AvgIpc) is 3.32. The van der Waals surface area contributed by atoms with Crippen molar-refractivity contribution in [2.75, 3.05) is 11.9 Å². The van der Waals surface area contributed by atoms with Crippen LogP contribution in [0.4, 0.5) is 23.7 Å². The number of rotatable bonds is 6. The molecule has 9 nitrogen and oxygen atoms in total. The summed E-state index contributed by atoms with van der Waals surface area (Å²) < 4.78 is 46.7. The van der Waals surface area contributed by atoms with Gasteiger partial charge < -0.3 is 20.5 Å². The number of benzene rings is 2. The van der Waals surface area contributed by atoms with E-state index in [4.69, 9.17) is 4.74 Å². The van der Waals surface area contributed by atoms with E-state index in [0.717, 1.165) is 33.1 Å². The fourth-order valence-electron chi connectivity index (χ4n) is 4.04. The normalized spacial score (nSPS) is 13.5. The van der Waals surface area contributed by atoms with Crippen molar-refractivity contribution in [2.45, 2.75) is 18.1 Å². The number of amides is 2. The van der Waals surface area contributed by atoms with Gasteiger partial charge in [-0.1, -0.05) is 48.5 Å². The first-order valence-corrected chi connectivity index (χ1v) is 10.3. The number of anilines is 1. The number of carboxylic acid groups (broad SMARTS) is 1. The second kappa shape index (κ2) is 9.12. The molecule has 0 aliphatic heterocycles. The van der Waals surface area contributed by atoms with Gasteiger partial charge in [0.05, 0.1) is 11.9 Å². The minimum atomic E-state index is -5.18.